The molecule has 0 aliphatic carbocycles. The van der Waals surface area contributed by atoms with Gasteiger partial charge in [0.05, 0.1) is 0 Å². The molecule has 0 heteroatoms. The van der Waals surface area contributed by atoms with Crippen LogP contribution < -0.4 is 0 Å². The van der Waals surface area contributed by atoms with Crippen molar-refractivity contribution < 1.29 is 0 Å². The van der Waals surface area contributed by atoms with Gasteiger partial charge in [0.2, 0.25) is 0 Å². The molecule has 2 atom stereocenters. The SMILES string of the molecule is CCC(C)(C)C(C)(CC)C(C)(C)C.CCC(C)(C)C(C)(CC)C(C)(C)C. The van der Waals surface area contributed by atoms with Crippen molar-refractivity contribution in [1.29, 1.82) is 0 Å². The van der Waals surface area contributed by atoms with E-state index in [-0.39, 0.29) is 0 Å². The van der Waals surface area contributed by atoms with E-state index < -0.39 is 0 Å². The third-order valence-electron chi connectivity index (χ3n) is 9.48. The van der Waals surface area contributed by atoms with E-state index in [1.165, 1.54) is 25.7 Å². The zero-order valence-corrected chi connectivity index (χ0v) is 21.8. The Kier molecular flexibility index (Phi) is 9.77. The minimum atomic E-state index is 0.390. The van der Waals surface area contributed by atoms with E-state index in [1.54, 1.807) is 0 Å². The smallest absolute Gasteiger partial charge is 0.0229 e. The molecule has 0 aliphatic rings. The molecule has 160 valence electrons. The lowest BCUT2D eigenvalue weighted by Crippen LogP contribution is -2.44. The van der Waals surface area contributed by atoms with Crippen LogP contribution in [-0.4, -0.2) is 0 Å². The van der Waals surface area contributed by atoms with Crippen molar-refractivity contribution in [2.24, 2.45) is 32.5 Å². The van der Waals surface area contributed by atoms with Crippen molar-refractivity contribution in [3.05, 3.63) is 0 Å². The molecule has 0 radical (unpaired) electrons. The lowest BCUT2D eigenvalue weighted by atomic mass is 9.52. The molecule has 0 aliphatic heterocycles. The fourth-order valence-corrected chi connectivity index (χ4v) is 4.83. The second kappa shape index (κ2) is 9.00. The van der Waals surface area contributed by atoms with Gasteiger partial charge < -0.3 is 0 Å². The first kappa shape index (κ1) is 28.2. The quantitative estimate of drug-likeness (QED) is 0.437. The lowest BCUT2D eigenvalue weighted by molar-refractivity contribution is -0.0317. The summed E-state index contributed by atoms with van der Waals surface area (Å²) < 4.78 is 0. The van der Waals surface area contributed by atoms with Crippen LogP contribution in [0.3, 0.4) is 0 Å². The topological polar surface area (TPSA) is 0 Å². The van der Waals surface area contributed by atoms with Crippen molar-refractivity contribution in [1.82, 2.24) is 0 Å². The van der Waals surface area contributed by atoms with Crippen LogP contribution in [0.2, 0.25) is 0 Å². The van der Waals surface area contributed by atoms with Gasteiger partial charge in [0.15, 0.2) is 0 Å². The lowest BCUT2D eigenvalue weighted by Gasteiger charge is -2.52. The van der Waals surface area contributed by atoms with Crippen LogP contribution in [0.15, 0.2) is 0 Å². The predicted octanol–water partition coefficient (Wildman–Crippen LogP) is 9.77. The molecular weight excluding hydrogens is 312 g/mol. The Labute approximate surface area is 169 Å². The summed E-state index contributed by atoms with van der Waals surface area (Å²) in [7, 11) is 0. The van der Waals surface area contributed by atoms with Crippen LogP contribution in [0.5, 0.6) is 0 Å². The van der Waals surface area contributed by atoms with Gasteiger partial charge in [-0.15, -0.1) is 0 Å². The largest absolute Gasteiger partial charge is 0.0649 e. The van der Waals surface area contributed by atoms with Crippen molar-refractivity contribution in [3.63, 3.8) is 0 Å². The van der Waals surface area contributed by atoms with Gasteiger partial charge in [0, 0.05) is 0 Å². The fourth-order valence-electron chi connectivity index (χ4n) is 4.83. The third-order valence-corrected chi connectivity index (χ3v) is 9.48. The van der Waals surface area contributed by atoms with Crippen LogP contribution in [0.1, 0.15) is 136 Å². The summed E-state index contributed by atoms with van der Waals surface area (Å²) in [5.74, 6) is 0. The molecule has 0 rings (SSSR count). The maximum absolute atomic E-state index is 2.44. The Bertz CT molecular complexity index is 359. The highest BCUT2D eigenvalue weighted by molar-refractivity contribution is 4.96. The van der Waals surface area contributed by atoms with E-state index in [2.05, 4.69) is 111 Å². The van der Waals surface area contributed by atoms with Gasteiger partial charge in [0.1, 0.15) is 0 Å². The Hall–Kier alpha value is 0. The molecule has 0 amide bonds. The minimum Gasteiger partial charge on any atom is -0.0649 e. The molecule has 0 bridgehead atoms. The molecule has 0 heterocycles. The van der Waals surface area contributed by atoms with E-state index in [0.29, 0.717) is 32.5 Å². The monoisotopic (exact) mass is 368 g/mol. The molecule has 0 aromatic carbocycles. The summed E-state index contributed by atoms with van der Waals surface area (Å²) in [5.41, 5.74) is 2.49. The van der Waals surface area contributed by atoms with Crippen molar-refractivity contribution in [2.45, 2.75) is 136 Å². The average molecular weight is 369 g/mol. The maximum atomic E-state index is 2.44. The fraction of sp³-hybridized carbons (Fsp3) is 1.00. The number of hydrogen-bond acceptors (Lipinski definition) is 0. The zero-order chi connectivity index (χ0) is 21.8. The molecule has 0 aromatic heterocycles. The van der Waals surface area contributed by atoms with Crippen LogP contribution >= 0.6 is 0 Å². The number of hydrogen-bond donors (Lipinski definition) is 0. The molecule has 0 saturated carbocycles. The molecule has 26 heavy (non-hydrogen) atoms. The number of rotatable bonds is 6. The van der Waals surface area contributed by atoms with Gasteiger partial charge >= 0.3 is 0 Å². The van der Waals surface area contributed by atoms with E-state index in [9.17, 15) is 0 Å². The van der Waals surface area contributed by atoms with Gasteiger partial charge in [-0.2, -0.15) is 0 Å². The molecule has 2 unspecified atom stereocenters. The van der Waals surface area contributed by atoms with E-state index in [0.717, 1.165) is 0 Å². The molecule has 0 aromatic rings. The van der Waals surface area contributed by atoms with Gasteiger partial charge in [-0.3, -0.25) is 0 Å². The highest BCUT2D eigenvalue weighted by atomic mass is 14.5. The summed E-state index contributed by atoms with van der Waals surface area (Å²) in [6, 6.07) is 0. The van der Waals surface area contributed by atoms with Crippen LogP contribution in [0.4, 0.5) is 0 Å². The molecule has 0 N–H and O–H groups in total. The van der Waals surface area contributed by atoms with E-state index in [1.807, 2.05) is 0 Å². The third kappa shape index (κ3) is 5.51. The Morgan fingerprint density at radius 1 is 0.346 bits per heavy atom. The Morgan fingerprint density at radius 3 is 0.577 bits per heavy atom. The molecular formula is C26H56. The molecule has 0 saturated heterocycles. The highest BCUT2D eigenvalue weighted by Crippen LogP contribution is 2.55. The standard InChI is InChI=1S/2C13H28/c2*1-9-12(6,7)13(8,10-2)11(3,4)5/h2*9-10H2,1-8H3. The van der Waals surface area contributed by atoms with Crippen LogP contribution in [0.25, 0.3) is 0 Å². The Balaban J connectivity index is 0. The van der Waals surface area contributed by atoms with Crippen LogP contribution in [0, 0.1) is 32.5 Å². The second-order valence-electron chi connectivity index (χ2n) is 12.3. The summed E-state index contributed by atoms with van der Waals surface area (Å²) in [4.78, 5) is 0. The highest BCUT2D eigenvalue weighted by Gasteiger charge is 2.47. The summed E-state index contributed by atoms with van der Waals surface area (Å²) in [6.07, 6.45) is 5.04. The predicted molar refractivity (Wildman–Crippen MR) is 124 cm³/mol. The summed E-state index contributed by atoms with van der Waals surface area (Å²) in [5, 5.41) is 0. The molecule has 0 fully saturated rings. The van der Waals surface area contributed by atoms with Gasteiger partial charge in [0.25, 0.3) is 0 Å². The second-order valence-corrected chi connectivity index (χ2v) is 12.3. The summed E-state index contributed by atoms with van der Waals surface area (Å²) in [6.45, 7) is 38.0. The average Bonchev–Trinajstić information content (AvgIpc) is 2.50. The van der Waals surface area contributed by atoms with Crippen molar-refractivity contribution in [2.75, 3.05) is 0 Å². The Morgan fingerprint density at radius 2 is 0.538 bits per heavy atom. The summed E-state index contributed by atoms with van der Waals surface area (Å²) >= 11 is 0. The molecule has 0 nitrogen and oxygen atoms in total. The zero-order valence-electron chi connectivity index (χ0n) is 21.8. The van der Waals surface area contributed by atoms with Crippen LogP contribution in [-0.2, 0) is 0 Å². The van der Waals surface area contributed by atoms with Gasteiger partial charge in [-0.05, 0) is 45.3 Å². The maximum Gasteiger partial charge on any atom is -0.0229 e. The van der Waals surface area contributed by atoms with E-state index >= 15 is 0 Å². The van der Waals surface area contributed by atoms with Gasteiger partial charge in [-0.1, -0.05) is 124 Å². The van der Waals surface area contributed by atoms with E-state index in [4.69, 9.17) is 0 Å². The normalized spacial score (nSPS) is 18.5. The first-order chi connectivity index (χ1) is 11.2. The first-order valence-electron chi connectivity index (χ1n) is 11.2. The van der Waals surface area contributed by atoms with Crippen molar-refractivity contribution >= 4 is 0 Å². The molecule has 0 spiro atoms. The first-order valence-corrected chi connectivity index (χ1v) is 11.2. The minimum absolute atomic E-state index is 0.390. The van der Waals surface area contributed by atoms with Gasteiger partial charge in [-0.25, -0.2) is 0 Å². The van der Waals surface area contributed by atoms with Crippen molar-refractivity contribution in [3.8, 4) is 0 Å².